The van der Waals surface area contributed by atoms with Gasteiger partial charge in [-0.3, -0.25) is 4.79 Å². The Kier molecular flexibility index (Phi) is 7.97. The van der Waals surface area contributed by atoms with E-state index in [4.69, 9.17) is 0 Å². The predicted molar refractivity (Wildman–Crippen MR) is 49.1 cm³/mol. The van der Waals surface area contributed by atoms with Crippen LogP contribution in [0.25, 0.3) is 0 Å². The van der Waals surface area contributed by atoms with E-state index < -0.39 is 0 Å². The van der Waals surface area contributed by atoms with Gasteiger partial charge in [-0.05, 0) is 19.3 Å². The van der Waals surface area contributed by atoms with Crippen molar-refractivity contribution in [3.63, 3.8) is 0 Å². The van der Waals surface area contributed by atoms with Gasteiger partial charge in [-0.1, -0.05) is 13.3 Å². The molecule has 0 amide bonds. The van der Waals surface area contributed by atoms with Crippen molar-refractivity contribution in [3.8, 4) is 0 Å². The fourth-order valence-electron chi connectivity index (χ4n) is 1.13. The molecule has 0 aromatic rings. The molecule has 0 bridgehead atoms. The highest BCUT2D eigenvalue weighted by Gasteiger charge is 1.98. The van der Waals surface area contributed by atoms with Gasteiger partial charge in [0.05, 0.1) is 0 Å². The number of ketones is 1. The van der Waals surface area contributed by atoms with Crippen LogP contribution in [-0.4, -0.2) is 12.1 Å². The van der Waals surface area contributed by atoms with E-state index in [1.807, 2.05) is 6.92 Å². The lowest BCUT2D eigenvalue weighted by molar-refractivity contribution is -0.119. The van der Waals surface area contributed by atoms with Crippen molar-refractivity contribution in [2.45, 2.75) is 51.9 Å². The fourth-order valence-corrected chi connectivity index (χ4v) is 1.13. The second kappa shape index (κ2) is 8.44. The first kappa shape index (κ1) is 11.3. The molecule has 0 spiro atoms. The second-order valence-corrected chi connectivity index (χ2v) is 3.05. The van der Waals surface area contributed by atoms with Crippen LogP contribution in [0.1, 0.15) is 51.9 Å². The number of unbranched alkanes of at least 4 members (excludes halogenated alkanes) is 3. The topological polar surface area (TPSA) is 34.1 Å². The number of aldehydes is 1. The van der Waals surface area contributed by atoms with Crippen molar-refractivity contribution in [1.29, 1.82) is 0 Å². The van der Waals surface area contributed by atoms with E-state index in [1.54, 1.807) is 0 Å². The number of hydrogen-bond acceptors (Lipinski definition) is 2. The summed E-state index contributed by atoms with van der Waals surface area (Å²) in [7, 11) is 0. The van der Waals surface area contributed by atoms with Gasteiger partial charge in [-0.15, -0.1) is 0 Å². The highest BCUT2D eigenvalue weighted by Crippen LogP contribution is 2.04. The minimum Gasteiger partial charge on any atom is -0.303 e. The van der Waals surface area contributed by atoms with Gasteiger partial charge in [-0.2, -0.15) is 0 Å². The Balaban J connectivity index is 3.08. The molecule has 0 radical (unpaired) electrons. The number of carbonyl (C=O) groups is 2. The van der Waals surface area contributed by atoms with Gasteiger partial charge in [0, 0.05) is 19.3 Å². The third-order valence-electron chi connectivity index (χ3n) is 1.81. The lowest BCUT2D eigenvalue weighted by atomic mass is 10.1. The van der Waals surface area contributed by atoms with Crippen LogP contribution in [-0.2, 0) is 9.59 Å². The van der Waals surface area contributed by atoms with Crippen LogP contribution >= 0.6 is 0 Å². The summed E-state index contributed by atoms with van der Waals surface area (Å²) in [6.07, 6.45) is 6.84. The maximum absolute atomic E-state index is 11.0. The first-order valence-corrected chi connectivity index (χ1v) is 4.76. The number of hydrogen-bond donors (Lipinski definition) is 0. The summed E-state index contributed by atoms with van der Waals surface area (Å²) in [5.74, 6) is 0.364. The number of Topliss-reactive ketones (excluding diaryl/α,β-unsaturated/α-hetero) is 1. The van der Waals surface area contributed by atoms with Crippen LogP contribution in [0.3, 0.4) is 0 Å². The maximum Gasteiger partial charge on any atom is 0.132 e. The SMILES string of the molecule is CCCC(=O)CCCCCC=O. The van der Waals surface area contributed by atoms with Crippen molar-refractivity contribution >= 4 is 12.1 Å². The summed E-state index contributed by atoms with van der Waals surface area (Å²) in [6, 6.07) is 0. The largest absolute Gasteiger partial charge is 0.303 e. The molecule has 2 nitrogen and oxygen atoms in total. The molecule has 0 aromatic heterocycles. The molecule has 0 saturated heterocycles. The summed E-state index contributed by atoms with van der Waals surface area (Å²) < 4.78 is 0. The Morgan fingerprint density at radius 1 is 1.17 bits per heavy atom. The average molecular weight is 170 g/mol. The van der Waals surface area contributed by atoms with Crippen molar-refractivity contribution in [3.05, 3.63) is 0 Å². The van der Waals surface area contributed by atoms with E-state index in [0.717, 1.165) is 32.0 Å². The first-order chi connectivity index (χ1) is 5.81. The summed E-state index contributed by atoms with van der Waals surface area (Å²) in [4.78, 5) is 20.9. The van der Waals surface area contributed by atoms with E-state index >= 15 is 0 Å². The second-order valence-electron chi connectivity index (χ2n) is 3.05. The molecule has 0 rings (SSSR count). The summed E-state index contributed by atoms with van der Waals surface area (Å²) in [5, 5.41) is 0. The number of carbonyl (C=O) groups excluding carboxylic acids is 2. The average Bonchev–Trinajstić information content (AvgIpc) is 2.05. The number of rotatable bonds is 8. The predicted octanol–water partition coefficient (Wildman–Crippen LogP) is 2.51. The zero-order valence-electron chi connectivity index (χ0n) is 7.84. The van der Waals surface area contributed by atoms with Gasteiger partial charge >= 0.3 is 0 Å². The van der Waals surface area contributed by atoms with Crippen LogP contribution in [0.15, 0.2) is 0 Å². The zero-order chi connectivity index (χ0) is 9.23. The van der Waals surface area contributed by atoms with Crippen molar-refractivity contribution in [1.82, 2.24) is 0 Å². The van der Waals surface area contributed by atoms with E-state index in [-0.39, 0.29) is 0 Å². The highest BCUT2D eigenvalue weighted by molar-refractivity contribution is 5.78. The van der Waals surface area contributed by atoms with Gasteiger partial charge < -0.3 is 4.79 Å². The van der Waals surface area contributed by atoms with Gasteiger partial charge in [0.25, 0.3) is 0 Å². The van der Waals surface area contributed by atoms with E-state index in [2.05, 4.69) is 0 Å². The van der Waals surface area contributed by atoms with Gasteiger partial charge in [0.15, 0.2) is 0 Å². The fraction of sp³-hybridized carbons (Fsp3) is 0.800. The summed E-state index contributed by atoms with van der Waals surface area (Å²) in [5.41, 5.74) is 0. The Labute approximate surface area is 74.3 Å². The molecule has 12 heavy (non-hydrogen) atoms. The molecule has 0 aromatic carbocycles. The molecule has 70 valence electrons. The smallest absolute Gasteiger partial charge is 0.132 e. The standard InChI is InChI=1S/C10H18O2/c1-2-7-10(12)8-5-3-4-6-9-11/h9H,2-8H2,1H3. The van der Waals surface area contributed by atoms with E-state index in [0.29, 0.717) is 25.0 Å². The third kappa shape index (κ3) is 7.45. The third-order valence-corrected chi connectivity index (χ3v) is 1.81. The van der Waals surface area contributed by atoms with E-state index in [9.17, 15) is 9.59 Å². The van der Waals surface area contributed by atoms with Crippen molar-refractivity contribution in [2.75, 3.05) is 0 Å². The van der Waals surface area contributed by atoms with Crippen LogP contribution in [0.4, 0.5) is 0 Å². The lowest BCUT2D eigenvalue weighted by Gasteiger charge is -1.97. The molecule has 2 heteroatoms. The Hall–Kier alpha value is -0.660. The molecule has 0 unspecified atom stereocenters. The molecule has 0 atom stereocenters. The van der Waals surface area contributed by atoms with Crippen LogP contribution < -0.4 is 0 Å². The van der Waals surface area contributed by atoms with Crippen molar-refractivity contribution in [2.24, 2.45) is 0 Å². The molecule has 0 N–H and O–H groups in total. The monoisotopic (exact) mass is 170 g/mol. The zero-order valence-corrected chi connectivity index (χ0v) is 7.84. The summed E-state index contributed by atoms with van der Waals surface area (Å²) >= 11 is 0. The molecular formula is C10H18O2. The van der Waals surface area contributed by atoms with Gasteiger partial charge in [0.1, 0.15) is 12.1 Å². The van der Waals surface area contributed by atoms with E-state index in [1.165, 1.54) is 0 Å². The first-order valence-electron chi connectivity index (χ1n) is 4.76. The van der Waals surface area contributed by atoms with Crippen LogP contribution in [0.2, 0.25) is 0 Å². The molecule has 0 aliphatic heterocycles. The molecule has 0 heterocycles. The Bertz CT molecular complexity index is 130. The quantitative estimate of drug-likeness (QED) is 0.414. The molecule has 0 aliphatic rings. The molecule has 0 fully saturated rings. The Morgan fingerprint density at radius 3 is 2.50 bits per heavy atom. The molecule has 0 saturated carbocycles. The maximum atomic E-state index is 11.0. The highest BCUT2D eigenvalue weighted by atomic mass is 16.1. The lowest BCUT2D eigenvalue weighted by Crippen LogP contribution is -1.96. The van der Waals surface area contributed by atoms with Crippen molar-refractivity contribution < 1.29 is 9.59 Å². The van der Waals surface area contributed by atoms with Crippen LogP contribution in [0.5, 0.6) is 0 Å². The molecule has 0 aliphatic carbocycles. The molecular weight excluding hydrogens is 152 g/mol. The normalized spacial score (nSPS) is 9.75. The van der Waals surface area contributed by atoms with Crippen LogP contribution in [0, 0.1) is 0 Å². The minimum absolute atomic E-state index is 0.364. The van der Waals surface area contributed by atoms with Gasteiger partial charge in [0.2, 0.25) is 0 Å². The Morgan fingerprint density at radius 2 is 1.92 bits per heavy atom. The minimum atomic E-state index is 0.364. The summed E-state index contributed by atoms with van der Waals surface area (Å²) in [6.45, 7) is 2.02. The van der Waals surface area contributed by atoms with Gasteiger partial charge in [-0.25, -0.2) is 0 Å².